The number of nitro groups is 1. The van der Waals surface area contributed by atoms with Crippen LogP contribution >= 0.6 is 43.2 Å². The third kappa shape index (κ3) is 5.78. The molecule has 0 aliphatic carbocycles. The molecule has 1 heterocycles. The number of fused-ring (bicyclic) bond motifs is 1. The number of rotatable bonds is 6. The molecule has 1 aromatic heterocycles. The topological polar surface area (TPSA) is 88.7 Å². The van der Waals surface area contributed by atoms with Crippen LogP contribution in [0, 0.1) is 10.1 Å². The normalized spacial score (nSPS) is 11.5. The fourth-order valence-electron chi connectivity index (χ4n) is 2.80. The van der Waals surface area contributed by atoms with Crippen LogP contribution in [0.15, 0.2) is 86.9 Å². The molecule has 4 rings (SSSR count). The minimum atomic E-state index is -0.470. The van der Waals surface area contributed by atoms with Crippen molar-refractivity contribution in [3.05, 3.63) is 103 Å². The summed E-state index contributed by atoms with van der Waals surface area (Å²) >= 11 is 8.20. The molecule has 1 amide bonds. The highest BCUT2D eigenvalue weighted by atomic mass is 79.9. The molecule has 0 atom stereocenters. The number of amides is 1. The number of hydrogen-bond donors (Lipinski definition) is 0. The number of nitrogens with zero attached hydrogens (tertiary/aromatic N) is 4. The maximum absolute atomic E-state index is 13.1. The summed E-state index contributed by atoms with van der Waals surface area (Å²) in [4.78, 5) is 28.0. The van der Waals surface area contributed by atoms with Gasteiger partial charge in [-0.05, 0) is 59.7 Å². The molecule has 7 nitrogen and oxygen atoms in total. The summed E-state index contributed by atoms with van der Waals surface area (Å²) < 4.78 is 2.77. The molecule has 0 aliphatic heterocycles. The van der Waals surface area contributed by atoms with Crippen molar-refractivity contribution in [2.45, 2.75) is 0 Å². The minimum absolute atomic E-state index is 0.0140. The average Bonchev–Trinajstić information content (AvgIpc) is 3.22. The molecule has 0 fully saturated rings. The van der Waals surface area contributed by atoms with Crippen LogP contribution < -0.4 is 5.01 Å². The quantitative estimate of drug-likeness (QED) is 0.108. The maximum atomic E-state index is 13.1. The van der Waals surface area contributed by atoms with Gasteiger partial charge in [-0.2, -0.15) is 10.1 Å². The number of non-ortho nitro benzene ring substituents is 1. The number of hydrazone groups is 1. The number of anilines is 1. The number of benzene rings is 3. The molecule has 33 heavy (non-hydrogen) atoms. The van der Waals surface area contributed by atoms with Crippen molar-refractivity contribution in [3.8, 4) is 0 Å². The second kappa shape index (κ2) is 10.2. The van der Waals surface area contributed by atoms with Crippen LogP contribution in [-0.2, 0) is 4.79 Å². The Bertz CT molecular complexity index is 1380. The molecule has 0 spiro atoms. The van der Waals surface area contributed by atoms with Crippen molar-refractivity contribution in [1.82, 2.24) is 4.98 Å². The molecule has 0 saturated heterocycles. The number of nitro benzene ring substituents is 1. The molecule has 4 aromatic rings. The SMILES string of the molecule is O=C(/C=C/c1ccc([N+](=O)[O-])cc1)N(/N=C/c1ccc(Br)cc1)c1nc2ccc(Br)cc2s1. The summed E-state index contributed by atoms with van der Waals surface area (Å²) in [5, 5.41) is 16.9. The van der Waals surface area contributed by atoms with E-state index in [2.05, 4.69) is 41.9 Å². The highest BCUT2D eigenvalue weighted by Crippen LogP contribution is 2.31. The molecular weight excluding hydrogens is 572 g/mol. The molecule has 0 N–H and O–H groups in total. The number of thiazole rings is 1. The molecule has 0 radical (unpaired) electrons. The molecular formula is C23H14Br2N4O3S. The number of carbonyl (C=O) groups excluding carboxylic acids is 1. The summed E-state index contributed by atoms with van der Waals surface area (Å²) in [6.45, 7) is 0. The summed E-state index contributed by atoms with van der Waals surface area (Å²) in [5.74, 6) is -0.403. The van der Waals surface area contributed by atoms with Gasteiger partial charge < -0.3 is 0 Å². The molecule has 0 unspecified atom stereocenters. The van der Waals surface area contributed by atoms with Crippen molar-refractivity contribution < 1.29 is 9.72 Å². The van der Waals surface area contributed by atoms with Crippen molar-refractivity contribution in [2.24, 2.45) is 5.10 Å². The van der Waals surface area contributed by atoms with Gasteiger partial charge in [0.2, 0.25) is 5.13 Å². The zero-order valence-electron chi connectivity index (χ0n) is 16.8. The molecule has 3 aromatic carbocycles. The monoisotopic (exact) mass is 584 g/mol. The first-order valence-corrected chi connectivity index (χ1v) is 11.9. The Labute approximate surface area is 209 Å². The van der Waals surface area contributed by atoms with E-state index in [9.17, 15) is 14.9 Å². The van der Waals surface area contributed by atoms with Crippen molar-refractivity contribution in [3.63, 3.8) is 0 Å². The zero-order chi connectivity index (χ0) is 23.4. The van der Waals surface area contributed by atoms with Gasteiger partial charge in [-0.25, -0.2) is 4.98 Å². The van der Waals surface area contributed by atoms with E-state index in [1.165, 1.54) is 34.6 Å². The van der Waals surface area contributed by atoms with Gasteiger partial charge in [0.15, 0.2) is 0 Å². The van der Waals surface area contributed by atoms with Crippen LogP contribution in [0.5, 0.6) is 0 Å². The Hall–Kier alpha value is -3.21. The van der Waals surface area contributed by atoms with Gasteiger partial charge in [-0.3, -0.25) is 14.9 Å². The first-order valence-electron chi connectivity index (χ1n) is 9.51. The zero-order valence-corrected chi connectivity index (χ0v) is 20.7. The molecule has 0 saturated carbocycles. The van der Waals surface area contributed by atoms with Crippen molar-refractivity contribution in [1.29, 1.82) is 0 Å². The number of hydrogen-bond acceptors (Lipinski definition) is 6. The second-order valence-electron chi connectivity index (χ2n) is 6.74. The lowest BCUT2D eigenvalue weighted by atomic mass is 10.2. The first kappa shape index (κ1) is 23.0. The highest BCUT2D eigenvalue weighted by Gasteiger charge is 2.17. The van der Waals surface area contributed by atoms with Gasteiger partial charge in [0.05, 0.1) is 21.4 Å². The third-order valence-corrected chi connectivity index (χ3v) is 6.46. The Morgan fingerprint density at radius 2 is 1.67 bits per heavy atom. The van der Waals surface area contributed by atoms with Crippen LogP contribution in [0.2, 0.25) is 0 Å². The Kier molecular flexibility index (Phi) is 7.07. The van der Waals surface area contributed by atoms with Gasteiger partial charge in [0, 0.05) is 27.2 Å². The van der Waals surface area contributed by atoms with Crippen LogP contribution in [0.3, 0.4) is 0 Å². The lowest BCUT2D eigenvalue weighted by Crippen LogP contribution is -2.23. The summed E-state index contributed by atoms with van der Waals surface area (Å²) in [6.07, 6.45) is 4.53. The maximum Gasteiger partial charge on any atom is 0.273 e. The van der Waals surface area contributed by atoms with Gasteiger partial charge in [0.1, 0.15) is 0 Å². The van der Waals surface area contributed by atoms with Crippen molar-refractivity contribution >= 4 is 82.4 Å². The van der Waals surface area contributed by atoms with Crippen LogP contribution in [0.4, 0.5) is 10.8 Å². The number of aromatic nitrogens is 1. The molecule has 10 heteroatoms. The third-order valence-electron chi connectivity index (χ3n) is 4.44. The first-order chi connectivity index (χ1) is 15.9. The van der Waals surface area contributed by atoms with E-state index >= 15 is 0 Å². The van der Waals surface area contributed by atoms with E-state index in [-0.39, 0.29) is 5.69 Å². The largest absolute Gasteiger partial charge is 0.273 e. The van der Waals surface area contributed by atoms with Gasteiger partial charge in [-0.15, -0.1) is 0 Å². The smallest absolute Gasteiger partial charge is 0.267 e. The Morgan fingerprint density at radius 3 is 2.36 bits per heavy atom. The molecule has 0 bridgehead atoms. The standard InChI is InChI=1S/C23H14Br2N4O3S/c24-17-6-1-16(2-7-17)14-26-28(23-27-20-11-8-18(25)13-21(20)33-23)22(30)12-5-15-3-9-19(10-4-15)29(31)32/h1-14H/b12-5+,26-14+. The van der Waals surface area contributed by atoms with E-state index in [0.29, 0.717) is 10.7 Å². The summed E-state index contributed by atoms with van der Waals surface area (Å²) in [6, 6.07) is 19.1. The summed E-state index contributed by atoms with van der Waals surface area (Å²) in [5.41, 5.74) is 2.22. The predicted molar refractivity (Wildman–Crippen MR) is 139 cm³/mol. The van der Waals surface area contributed by atoms with E-state index in [1.807, 2.05) is 42.5 Å². The van der Waals surface area contributed by atoms with E-state index < -0.39 is 10.8 Å². The van der Waals surface area contributed by atoms with Crippen LogP contribution in [-0.4, -0.2) is 22.0 Å². The lowest BCUT2D eigenvalue weighted by Gasteiger charge is -2.11. The van der Waals surface area contributed by atoms with Gasteiger partial charge in [0.25, 0.3) is 11.6 Å². The molecule has 164 valence electrons. The van der Waals surface area contributed by atoms with Crippen LogP contribution in [0.1, 0.15) is 11.1 Å². The minimum Gasteiger partial charge on any atom is -0.267 e. The average molecular weight is 586 g/mol. The van der Waals surface area contributed by atoms with E-state index in [0.717, 1.165) is 24.7 Å². The Balaban J connectivity index is 1.65. The summed E-state index contributed by atoms with van der Waals surface area (Å²) in [7, 11) is 0. The lowest BCUT2D eigenvalue weighted by molar-refractivity contribution is -0.384. The molecule has 0 aliphatic rings. The highest BCUT2D eigenvalue weighted by molar-refractivity contribution is 9.10. The second-order valence-corrected chi connectivity index (χ2v) is 9.58. The Morgan fingerprint density at radius 1 is 1.00 bits per heavy atom. The van der Waals surface area contributed by atoms with Gasteiger partial charge in [-0.1, -0.05) is 55.3 Å². The fraction of sp³-hybridized carbons (Fsp3) is 0. The fourth-order valence-corrected chi connectivity index (χ4v) is 4.54. The number of carbonyl (C=O) groups is 1. The van der Waals surface area contributed by atoms with Gasteiger partial charge >= 0.3 is 0 Å². The predicted octanol–water partition coefficient (Wildman–Crippen LogP) is 6.81. The van der Waals surface area contributed by atoms with Crippen LogP contribution in [0.25, 0.3) is 16.3 Å². The van der Waals surface area contributed by atoms with E-state index in [4.69, 9.17) is 0 Å². The number of halogens is 2. The van der Waals surface area contributed by atoms with Crippen molar-refractivity contribution in [2.75, 3.05) is 5.01 Å². The van der Waals surface area contributed by atoms with E-state index in [1.54, 1.807) is 24.4 Å².